The summed E-state index contributed by atoms with van der Waals surface area (Å²) in [6.45, 7) is 6.38. The number of carbonyl (C=O) groups excluding carboxylic acids is 2. The fraction of sp³-hybridized carbons (Fsp3) is 0.810. The van der Waals surface area contributed by atoms with E-state index < -0.39 is 5.60 Å². The van der Waals surface area contributed by atoms with Crippen molar-refractivity contribution in [2.24, 2.45) is 23.2 Å². The number of ether oxygens (including phenoxy) is 3. The van der Waals surface area contributed by atoms with Gasteiger partial charge in [0.2, 0.25) is 0 Å². The summed E-state index contributed by atoms with van der Waals surface area (Å²) < 4.78 is 15.8. The van der Waals surface area contributed by atoms with Crippen molar-refractivity contribution >= 4 is 11.8 Å². The molecule has 146 valence electrons. The minimum absolute atomic E-state index is 0.0572. The van der Waals surface area contributed by atoms with Gasteiger partial charge in [0, 0.05) is 25.9 Å². The lowest BCUT2D eigenvalue weighted by Gasteiger charge is -2.42. The molecule has 3 aliphatic rings. The Morgan fingerprint density at radius 1 is 1.31 bits per heavy atom. The molecule has 0 N–H and O–H groups in total. The summed E-state index contributed by atoms with van der Waals surface area (Å²) in [6.07, 6.45) is 8.62. The van der Waals surface area contributed by atoms with Crippen molar-refractivity contribution < 1.29 is 23.8 Å². The van der Waals surface area contributed by atoms with Gasteiger partial charge < -0.3 is 14.2 Å². The van der Waals surface area contributed by atoms with E-state index in [1.54, 1.807) is 13.0 Å². The molecule has 5 heteroatoms. The predicted octanol–water partition coefficient (Wildman–Crippen LogP) is 4.01. The van der Waals surface area contributed by atoms with Gasteiger partial charge in [-0.3, -0.25) is 4.79 Å². The summed E-state index contributed by atoms with van der Waals surface area (Å²) >= 11 is 0. The highest BCUT2D eigenvalue weighted by Crippen LogP contribution is 2.57. The van der Waals surface area contributed by atoms with E-state index in [0.29, 0.717) is 23.4 Å². The summed E-state index contributed by atoms with van der Waals surface area (Å²) in [5.41, 5.74) is -0.889. The molecule has 3 rings (SSSR count). The molecule has 0 aromatic heterocycles. The number of methoxy groups -OCH3 is 1. The molecule has 0 radical (unpaired) electrons. The molecule has 0 aromatic carbocycles. The number of fused-ring (bicyclic) bond motifs is 1. The molecule has 0 amide bonds. The van der Waals surface area contributed by atoms with Gasteiger partial charge in [-0.05, 0) is 62.4 Å². The third kappa shape index (κ3) is 3.48. The lowest BCUT2D eigenvalue weighted by atomic mass is 9.62. The van der Waals surface area contributed by atoms with Crippen LogP contribution in [0, 0.1) is 23.2 Å². The smallest absolute Gasteiger partial charge is 0.347 e. The Labute approximate surface area is 156 Å². The van der Waals surface area contributed by atoms with Crippen LogP contribution in [-0.2, 0) is 23.8 Å². The van der Waals surface area contributed by atoms with Gasteiger partial charge in [0.25, 0.3) is 0 Å². The number of hydrogen-bond acceptors (Lipinski definition) is 5. The number of carbonyl (C=O) groups is 2. The molecule has 5 atom stereocenters. The maximum atomic E-state index is 12.3. The Bertz CT molecular complexity index is 597. The van der Waals surface area contributed by atoms with Crippen molar-refractivity contribution in [3.63, 3.8) is 0 Å². The average Bonchev–Trinajstić information content (AvgIpc) is 3.09. The lowest BCUT2D eigenvalue weighted by Crippen LogP contribution is -2.39. The van der Waals surface area contributed by atoms with Crippen molar-refractivity contribution in [2.45, 2.75) is 71.3 Å². The van der Waals surface area contributed by atoms with Crippen molar-refractivity contribution in [1.29, 1.82) is 0 Å². The summed E-state index contributed by atoms with van der Waals surface area (Å²) in [5.74, 6) is 2.14. The van der Waals surface area contributed by atoms with E-state index in [4.69, 9.17) is 14.2 Å². The van der Waals surface area contributed by atoms with Gasteiger partial charge in [-0.2, -0.15) is 0 Å². The van der Waals surface area contributed by atoms with Gasteiger partial charge in [-0.25, -0.2) is 4.79 Å². The molecule has 2 aliphatic carbocycles. The van der Waals surface area contributed by atoms with E-state index in [9.17, 15) is 9.59 Å². The van der Waals surface area contributed by atoms with Gasteiger partial charge in [0.05, 0.1) is 0 Å². The SMILES string of the molecule is COCO[C@]1(C)C=C(CC[C@@H](C)[C@H]2CCC3C(=O)CCC[C@]32C)OC1=O. The monoisotopic (exact) mass is 364 g/mol. The van der Waals surface area contributed by atoms with Gasteiger partial charge in [-0.1, -0.05) is 13.8 Å². The van der Waals surface area contributed by atoms with E-state index in [-0.39, 0.29) is 24.1 Å². The fourth-order valence-corrected chi connectivity index (χ4v) is 5.50. The van der Waals surface area contributed by atoms with Crippen molar-refractivity contribution in [2.75, 3.05) is 13.9 Å². The highest BCUT2D eigenvalue weighted by molar-refractivity contribution is 5.85. The number of allylic oxidation sites excluding steroid dienone is 1. The van der Waals surface area contributed by atoms with Crippen LogP contribution >= 0.6 is 0 Å². The zero-order valence-corrected chi connectivity index (χ0v) is 16.5. The molecule has 0 aromatic rings. The molecule has 1 heterocycles. The average molecular weight is 364 g/mol. The highest BCUT2D eigenvalue weighted by Gasteiger charge is 2.52. The second kappa shape index (κ2) is 7.43. The van der Waals surface area contributed by atoms with Crippen LogP contribution in [0.4, 0.5) is 0 Å². The summed E-state index contributed by atoms with van der Waals surface area (Å²) in [7, 11) is 1.53. The largest absolute Gasteiger partial charge is 0.429 e. The first-order chi connectivity index (χ1) is 12.3. The number of hydrogen-bond donors (Lipinski definition) is 0. The fourth-order valence-electron chi connectivity index (χ4n) is 5.50. The lowest BCUT2D eigenvalue weighted by molar-refractivity contribution is -0.166. The quantitative estimate of drug-likeness (QED) is 0.504. The van der Waals surface area contributed by atoms with Gasteiger partial charge in [0.15, 0.2) is 5.60 Å². The van der Waals surface area contributed by atoms with Crippen LogP contribution in [-0.4, -0.2) is 31.3 Å². The van der Waals surface area contributed by atoms with Crippen molar-refractivity contribution in [1.82, 2.24) is 0 Å². The Hall–Kier alpha value is -1.20. The van der Waals surface area contributed by atoms with E-state index in [2.05, 4.69) is 13.8 Å². The van der Waals surface area contributed by atoms with Crippen LogP contribution in [0.25, 0.3) is 0 Å². The van der Waals surface area contributed by atoms with Crippen LogP contribution in [0.3, 0.4) is 0 Å². The first-order valence-corrected chi connectivity index (χ1v) is 9.90. The third-order valence-electron chi connectivity index (χ3n) is 7.01. The Morgan fingerprint density at radius 2 is 2.08 bits per heavy atom. The highest BCUT2D eigenvalue weighted by atomic mass is 16.7. The molecule has 2 saturated carbocycles. The van der Waals surface area contributed by atoms with Gasteiger partial charge in [-0.15, -0.1) is 0 Å². The topological polar surface area (TPSA) is 61.8 Å². The van der Waals surface area contributed by atoms with E-state index >= 15 is 0 Å². The van der Waals surface area contributed by atoms with Crippen LogP contribution in [0.2, 0.25) is 0 Å². The maximum Gasteiger partial charge on any atom is 0.347 e. The zero-order valence-electron chi connectivity index (χ0n) is 16.5. The van der Waals surface area contributed by atoms with E-state index in [1.807, 2.05) is 0 Å². The number of esters is 1. The van der Waals surface area contributed by atoms with Crippen molar-refractivity contribution in [3.8, 4) is 0 Å². The van der Waals surface area contributed by atoms with Crippen LogP contribution in [0.15, 0.2) is 11.8 Å². The Balaban J connectivity index is 1.59. The van der Waals surface area contributed by atoms with E-state index in [1.165, 1.54) is 13.5 Å². The molecule has 0 bridgehead atoms. The summed E-state index contributed by atoms with van der Waals surface area (Å²) in [5, 5.41) is 0. The number of cyclic esters (lactones) is 1. The summed E-state index contributed by atoms with van der Waals surface area (Å²) in [6, 6.07) is 0. The normalized spacial score (nSPS) is 38.1. The molecule has 1 aliphatic heterocycles. The van der Waals surface area contributed by atoms with Crippen molar-refractivity contribution in [3.05, 3.63) is 11.8 Å². The number of Topliss-reactive ketones (excluding diaryl/α,β-unsaturated/α-hetero) is 1. The standard InChI is InChI=1S/C21H32O5/c1-14(16-9-10-17-18(22)6-5-11-20(16,17)2)7-8-15-12-21(3,19(23)26-15)25-13-24-4/h12,14,16-17H,5-11,13H2,1-4H3/t14-,16-,17?,20+,21-/m1/s1. The van der Waals surface area contributed by atoms with Gasteiger partial charge in [0.1, 0.15) is 18.3 Å². The van der Waals surface area contributed by atoms with Gasteiger partial charge >= 0.3 is 5.97 Å². The first-order valence-electron chi connectivity index (χ1n) is 9.90. The molecule has 0 saturated heterocycles. The molecule has 0 spiro atoms. The second-order valence-corrected chi connectivity index (χ2v) is 8.74. The first kappa shape index (κ1) is 19.6. The van der Waals surface area contributed by atoms with E-state index in [0.717, 1.165) is 38.5 Å². The molecule has 1 unspecified atom stereocenters. The molecule has 5 nitrogen and oxygen atoms in total. The van der Waals surface area contributed by atoms with Crippen LogP contribution in [0.1, 0.15) is 65.7 Å². The minimum Gasteiger partial charge on any atom is -0.429 e. The Kier molecular flexibility index (Phi) is 5.59. The third-order valence-corrected chi connectivity index (χ3v) is 7.01. The predicted molar refractivity (Wildman–Crippen MR) is 97.1 cm³/mol. The number of rotatable bonds is 7. The molecule has 26 heavy (non-hydrogen) atoms. The van der Waals surface area contributed by atoms with Crippen LogP contribution in [0.5, 0.6) is 0 Å². The Morgan fingerprint density at radius 3 is 2.81 bits per heavy atom. The number of ketones is 1. The molecule has 2 fully saturated rings. The maximum absolute atomic E-state index is 12.3. The van der Waals surface area contributed by atoms with Crippen LogP contribution < -0.4 is 0 Å². The molecular weight excluding hydrogens is 332 g/mol. The second-order valence-electron chi connectivity index (χ2n) is 8.74. The minimum atomic E-state index is -1.05. The molecular formula is C21H32O5. The summed E-state index contributed by atoms with van der Waals surface area (Å²) in [4.78, 5) is 24.4. The zero-order chi connectivity index (χ0) is 18.9.